The molecule has 0 amide bonds. The summed E-state index contributed by atoms with van der Waals surface area (Å²) in [5.74, 6) is 0.139. The number of cyclic esters (lactones) is 1. The summed E-state index contributed by atoms with van der Waals surface area (Å²) in [5.41, 5.74) is 1.65. The molecule has 0 fully saturated rings. The summed E-state index contributed by atoms with van der Waals surface area (Å²) in [5, 5.41) is 10.1. The number of hydrogen-bond acceptors (Lipinski definition) is 4. The lowest BCUT2D eigenvalue weighted by Crippen LogP contribution is -2.33. The highest BCUT2D eigenvalue weighted by Crippen LogP contribution is 2.34. The van der Waals surface area contributed by atoms with Crippen LogP contribution in [0.1, 0.15) is 53.9 Å². The molecule has 1 heterocycles. The van der Waals surface area contributed by atoms with Gasteiger partial charge in [-0.05, 0) is 62.2 Å². The average Bonchev–Trinajstić information content (AvgIpc) is 2.50. The fourth-order valence-electron chi connectivity index (χ4n) is 3.68. The van der Waals surface area contributed by atoms with Crippen molar-refractivity contribution >= 4 is 5.97 Å². The third-order valence-corrected chi connectivity index (χ3v) is 5.11. The van der Waals surface area contributed by atoms with Crippen LogP contribution in [0.25, 0.3) is 0 Å². The molecular formula is C20H34O4. The Balaban J connectivity index is 3.07. The second-order valence-corrected chi connectivity index (χ2v) is 7.78. The standard InChI is InChI=1S/C20H34O4/c1-13-8-15(3)19(22)24-12-18(21)9-14(2)17(5)16(4)11-20(6,10-13)23-7/h9,13,15-16,18,21H,5,8,10-12H2,1-4,6-7H3/b14-9-/t13-,15?,16+,18?,20-/m0/s1. The molecule has 24 heavy (non-hydrogen) atoms. The first kappa shape index (κ1) is 20.9. The van der Waals surface area contributed by atoms with Gasteiger partial charge in [-0.1, -0.05) is 27.4 Å². The van der Waals surface area contributed by atoms with Gasteiger partial charge in [-0.3, -0.25) is 4.79 Å². The zero-order valence-corrected chi connectivity index (χ0v) is 16.1. The number of rotatable bonds is 1. The van der Waals surface area contributed by atoms with E-state index in [2.05, 4.69) is 27.4 Å². The van der Waals surface area contributed by atoms with Gasteiger partial charge in [0.2, 0.25) is 0 Å². The van der Waals surface area contributed by atoms with Crippen LogP contribution in [0.2, 0.25) is 0 Å². The van der Waals surface area contributed by atoms with Crippen LogP contribution in [0, 0.1) is 17.8 Å². The Hall–Kier alpha value is -1.13. The van der Waals surface area contributed by atoms with Crippen LogP contribution in [0.4, 0.5) is 0 Å². The molecule has 2 unspecified atom stereocenters. The Morgan fingerprint density at radius 1 is 1.29 bits per heavy atom. The average molecular weight is 338 g/mol. The minimum Gasteiger partial charge on any atom is -0.462 e. The molecule has 4 nitrogen and oxygen atoms in total. The van der Waals surface area contributed by atoms with Gasteiger partial charge >= 0.3 is 5.97 Å². The summed E-state index contributed by atoms with van der Waals surface area (Å²) in [7, 11) is 1.75. The Labute approximate surface area is 146 Å². The molecule has 1 aliphatic rings. The van der Waals surface area contributed by atoms with E-state index in [-0.39, 0.29) is 30.0 Å². The van der Waals surface area contributed by atoms with E-state index in [0.717, 1.165) is 30.4 Å². The lowest BCUT2D eigenvalue weighted by Gasteiger charge is -2.35. The van der Waals surface area contributed by atoms with Gasteiger partial charge in [-0.2, -0.15) is 0 Å². The van der Waals surface area contributed by atoms with Crippen molar-refractivity contribution in [2.75, 3.05) is 13.7 Å². The van der Waals surface area contributed by atoms with Crippen molar-refractivity contribution in [2.24, 2.45) is 17.8 Å². The summed E-state index contributed by atoms with van der Waals surface area (Å²) in [6, 6.07) is 0. The molecule has 0 bridgehead atoms. The first-order valence-corrected chi connectivity index (χ1v) is 8.85. The van der Waals surface area contributed by atoms with Crippen LogP contribution >= 0.6 is 0 Å². The second kappa shape index (κ2) is 8.82. The number of carbonyl (C=O) groups is 1. The molecule has 1 rings (SSSR count). The van der Waals surface area contributed by atoms with Crippen LogP contribution in [-0.2, 0) is 14.3 Å². The highest BCUT2D eigenvalue weighted by atomic mass is 16.5. The molecule has 0 saturated heterocycles. The quantitative estimate of drug-likeness (QED) is 0.737. The molecule has 0 spiro atoms. The van der Waals surface area contributed by atoms with Crippen molar-refractivity contribution in [3.63, 3.8) is 0 Å². The van der Waals surface area contributed by atoms with E-state index < -0.39 is 6.10 Å². The smallest absolute Gasteiger partial charge is 0.308 e. The molecule has 5 atom stereocenters. The first-order chi connectivity index (χ1) is 11.1. The lowest BCUT2D eigenvalue weighted by molar-refractivity contribution is -0.151. The van der Waals surface area contributed by atoms with Gasteiger partial charge in [-0.15, -0.1) is 0 Å². The van der Waals surface area contributed by atoms with Gasteiger partial charge in [0.05, 0.1) is 11.5 Å². The second-order valence-electron chi connectivity index (χ2n) is 7.78. The van der Waals surface area contributed by atoms with Crippen LogP contribution in [0.3, 0.4) is 0 Å². The number of esters is 1. The number of carbonyl (C=O) groups excluding carboxylic acids is 1. The normalized spacial score (nSPS) is 39.5. The molecule has 0 aliphatic carbocycles. The number of methoxy groups -OCH3 is 1. The van der Waals surface area contributed by atoms with Crippen LogP contribution in [0.5, 0.6) is 0 Å². The van der Waals surface area contributed by atoms with Crippen LogP contribution in [0.15, 0.2) is 23.8 Å². The summed E-state index contributed by atoms with van der Waals surface area (Å²) < 4.78 is 11.1. The van der Waals surface area contributed by atoms with Crippen molar-refractivity contribution in [3.8, 4) is 0 Å². The van der Waals surface area contributed by atoms with Gasteiger partial charge in [0, 0.05) is 7.11 Å². The van der Waals surface area contributed by atoms with Crippen molar-refractivity contribution < 1.29 is 19.4 Å². The van der Waals surface area contributed by atoms with E-state index >= 15 is 0 Å². The summed E-state index contributed by atoms with van der Waals surface area (Å²) in [6.07, 6.45) is 3.39. The first-order valence-electron chi connectivity index (χ1n) is 8.85. The third kappa shape index (κ3) is 6.06. The van der Waals surface area contributed by atoms with Crippen LogP contribution in [-0.4, -0.2) is 36.5 Å². The van der Waals surface area contributed by atoms with Gasteiger partial charge < -0.3 is 14.6 Å². The van der Waals surface area contributed by atoms with Gasteiger partial charge in [0.25, 0.3) is 0 Å². The van der Waals surface area contributed by atoms with Crippen LogP contribution < -0.4 is 0 Å². The highest BCUT2D eigenvalue weighted by Gasteiger charge is 2.31. The summed E-state index contributed by atoms with van der Waals surface area (Å²) >= 11 is 0. The fraction of sp³-hybridized carbons (Fsp3) is 0.750. The lowest BCUT2D eigenvalue weighted by atomic mass is 9.79. The number of hydrogen-bond donors (Lipinski definition) is 1. The topological polar surface area (TPSA) is 55.8 Å². The molecule has 0 aromatic heterocycles. The predicted octanol–water partition coefficient (Wildman–Crippen LogP) is 3.89. The minimum atomic E-state index is -0.806. The zero-order valence-electron chi connectivity index (χ0n) is 16.1. The molecule has 0 aromatic carbocycles. The minimum absolute atomic E-state index is 0.00760. The van der Waals surface area contributed by atoms with E-state index in [1.54, 1.807) is 13.2 Å². The van der Waals surface area contributed by atoms with Crippen molar-refractivity contribution in [1.82, 2.24) is 0 Å². The van der Waals surface area contributed by atoms with Crippen molar-refractivity contribution in [1.29, 1.82) is 0 Å². The van der Waals surface area contributed by atoms with E-state index in [4.69, 9.17) is 9.47 Å². The Morgan fingerprint density at radius 3 is 2.50 bits per heavy atom. The van der Waals surface area contributed by atoms with E-state index in [0.29, 0.717) is 5.92 Å². The van der Waals surface area contributed by atoms with Gasteiger partial charge in [0.1, 0.15) is 12.7 Å². The molecule has 0 saturated carbocycles. The number of aliphatic hydroxyl groups excluding tert-OH is 1. The molecular weight excluding hydrogens is 304 g/mol. The maximum atomic E-state index is 12.1. The predicted molar refractivity (Wildman–Crippen MR) is 96.6 cm³/mol. The number of ether oxygens (including phenoxy) is 2. The SMILES string of the molecule is C=C1/C(C)=C\C(O)COC(=O)C(C)C[C@H](C)C[C@](C)(OC)C[C@H]1C. The largest absolute Gasteiger partial charge is 0.462 e. The van der Waals surface area contributed by atoms with E-state index in [1.807, 2.05) is 13.8 Å². The van der Waals surface area contributed by atoms with E-state index in [9.17, 15) is 9.90 Å². The molecule has 138 valence electrons. The summed E-state index contributed by atoms with van der Waals surface area (Å²) in [4.78, 5) is 12.1. The van der Waals surface area contributed by atoms with Gasteiger partial charge in [0.15, 0.2) is 0 Å². The Bertz CT molecular complexity index is 482. The Kier molecular flexibility index (Phi) is 7.68. The third-order valence-electron chi connectivity index (χ3n) is 5.11. The highest BCUT2D eigenvalue weighted by molar-refractivity contribution is 5.72. The number of allylic oxidation sites excluding steroid dienone is 2. The molecule has 0 aromatic rings. The zero-order chi connectivity index (χ0) is 18.5. The molecule has 1 N–H and O–H groups in total. The fourth-order valence-corrected chi connectivity index (χ4v) is 3.68. The molecule has 0 radical (unpaired) electrons. The maximum Gasteiger partial charge on any atom is 0.308 e. The molecule has 4 heteroatoms. The van der Waals surface area contributed by atoms with Gasteiger partial charge in [-0.25, -0.2) is 0 Å². The molecule has 1 aliphatic heterocycles. The van der Waals surface area contributed by atoms with Crippen molar-refractivity contribution in [3.05, 3.63) is 23.8 Å². The Morgan fingerprint density at radius 2 is 1.92 bits per heavy atom. The maximum absolute atomic E-state index is 12.1. The van der Waals surface area contributed by atoms with Crippen molar-refractivity contribution in [2.45, 2.75) is 65.6 Å². The summed E-state index contributed by atoms with van der Waals surface area (Å²) in [6.45, 7) is 14.4. The monoisotopic (exact) mass is 338 g/mol. The van der Waals surface area contributed by atoms with E-state index in [1.165, 1.54) is 0 Å². The number of aliphatic hydroxyl groups is 1.